The molecule has 0 heterocycles. The summed E-state index contributed by atoms with van der Waals surface area (Å²) in [7, 11) is 1.58. The molecule has 112 valence electrons. The standard InChI is InChI=1S/C15H19N3O3/c1-20-13-5-2-11(9-18-12-3-4-12)14(8-13)21-10-15(19)17-7-6-16/h2,5,8,12,18H,3-4,7,9-10H2,1H3,(H,17,19). The van der Waals surface area contributed by atoms with E-state index in [0.717, 1.165) is 5.56 Å². The van der Waals surface area contributed by atoms with Crippen molar-refractivity contribution in [1.82, 2.24) is 10.6 Å². The maximum Gasteiger partial charge on any atom is 0.258 e. The van der Waals surface area contributed by atoms with Gasteiger partial charge in [-0.1, -0.05) is 6.07 Å². The van der Waals surface area contributed by atoms with Crippen LogP contribution in [0.25, 0.3) is 0 Å². The number of carbonyl (C=O) groups is 1. The highest BCUT2D eigenvalue weighted by molar-refractivity contribution is 5.77. The van der Waals surface area contributed by atoms with Gasteiger partial charge in [0, 0.05) is 24.2 Å². The van der Waals surface area contributed by atoms with Crippen LogP contribution < -0.4 is 20.1 Å². The van der Waals surface area contributed by atoms with Crippen LogP contribution in [0.5, 0.6) is 11.5 Å². The Morgan fingerprint density at radius 1 is 1.48 bits per heavy atom. The molecule has 0 saturated heterocycles. The molecule has 6 nitrogen and oxygen atoms in total. The summed E-state index contributed by atoms with van der Waals surface area (Å²) >= 11 is 0. The zero-order chi connectivity index (χ0) is 15.1. The minimum absolute atomic E-state index is 0.0175. The third-order valence-electron chi connectivity index (χ3n) is 3.16. The van der Waals surface area contributed by atoms with Crippen LogP contribution in [0, 0.1) is 11.3 Å². The van der Waals surface area contributed by atoms with E-state index in [1.54, 1.807) is 13.2 Å². The number of nitriles is 1. The van der Waals surface area contributed by atoms with Crippen LogP contribution in [-0.4, -0.2) is 32.2 Å². The molecule has 1 saturated carbocycles. The number of methoxy groups -OCH3 is 1. The van der Waals surface area contributed by atoms with Crippen molar-refractivity contribution >= 4 is 5.91 Å². The molecule has 0 bridgehead atoms. The van der Waals surface area contributed by atoms with E-state index in [2.05, 4.69) is 10.6 Å². The number of hydrogen-bond acceptors (Lipinski definition) is 5. The Kier molecular flexibility index (Phi) is 5.41. The second-order valence-electron chi connectivity index (χ2n) is 4.85. The normalized spacial score (nSPS) is 13.3. The molecule has 1 fully saturated rings. The van der Waals surface area contributed by atoms with Gasteiger partial charge in [-0.2, -0.15) is 5.26 Å². The Morgan fingerprint density at radius 3 is 2.95 bits per heavy atom. The summed E-state index contributed by atoms with van der Waals surface area (Å²) in [6.07, 6.45) is 2.42. The van der Waals surface area contributed by atoms with Crippen molar-refractivity contribution in [3.05, 3.63) is 23.8 Å². The van der Waals surface area contributed by atoms with Crippen LogP contribution >= 0.6 is 0 Å². The van der Waals surface area contributed by atoms with E-state index in [1.165, 1.54) is 12.8 Å². The van der Waals surface area contributed by atoms with E-state index in [0.29, 0.717) is 24.1 Å². The highest BCUT2D eigenvalue weighted by Crippen LogP contribution is 2.26. The summed E-state index contributed by atoms with van der Waals surface area (Å²) in [6.45, 7) is 0.561. The van der Waals surface area contributed by atoms with E-state index < -0.39 is 0 Å². The Hall–Kier alpha value is -2.26. The summed E-state index contributed by atoms with van der Waals surface area (Å²) < 4.78 is 10.7. The minimum Gasteiger partial charge on any atom is -0.497 e. The van der Waals surface area contributed by atoms with Gasteiger partial charge in [0.2, 0.25) is 0 Å². The topological polar surface area (TPSA) is 83.4 Å². The second-order valence-corrected chi connectivity index (χ2v) is 4.85. The van der Waals surface area contributed by atoms with E-state index in [1.807, 2.05) is 18.2 Å². The summed E-state index contributed by atoms with van der Waals surface area (Å²) in [6, 6.07) is 8.01. The van der Waals surface area contributed by atoms with Gasteiger partial charge in [-0.15, -0.1) is 0 Å². The van der Waals surface area contributed by atoms with Crippen LogP contribution in [0.2, 0.25) is 0 Å². The third kappa shape index (κ3) is 4.97. The molecule has 1 aromatic carbocycles. The number of ether oxygens (including phenoxy) is 2. The van der Waals surface area contributed by atoms with Crippen molar-refractivity contribution in [2.24, 2.45) is 0 Å². The highest BCUT2D eigenvalue weighted by Gasteiger charge is 2.20. The molecule has 1 aromatic rings. The van der Waals surface area contributed by atoms with Crippen LogP contribution in [-0.2, 0) is 11.3 Å². The van der Waals surface area contributed by atoms with Crippen molar-refractivity contribution in [1.29, 1.82) is 5.26 Å². The molecule has 0 atom stereocenters. The molecule has 2 N–H and O–H groups in total. The fraction of sp³-hybridized carbons (Fsp3) is 0.467. The van der Waals surface area contributed by atoms with Crippen molar-refractivity contribution in [2.75, 3.05) is 20.3 Å². The van der Waals surface area contributed by atoms with Crippen LogP contribution in [0.15, 0.2) is 18.2 Å². The molecule has 0 radical (unpaired) electrons. The molecule has 1 aliphatic carbocycles. The van der Waals surface area contributed by atoms with Crippen LogP contribution in [0.4, 0.5) is 0 Å². The van der Waals surface area contributed by atoms with Crippen LogP contribution in [0.3, 0.4) is 0 Å². The first-order valence-corrected chi connectivity index (χ1v) is 6.89. The molecular weight excluding hydrogens is 270 g/mol. The maximum absolute atomic E-state index is 11.5. The number of carbonyl (C=O) groups excluding carboxylic acids is 1. The number of nitrogens with zero attached hydrogens (tertiary/aromatic N) is 1. The Morgan fingerprint density at radius 2 is 2.29 bits per heavy atom. The summed E-state index contributed by atoms with van der Waals surface area (Å²) in [5.41, 5.74) is 0.982. The van der Waals surface area contributed by atoms with Gasteiger partial charge in [0.05, 0.1) is 13.2 Å². The molecule has 0 unspecified atom stereocenters. The van der Waals surface area contributed by atoms with Crippen molar-refractivity contribution in [2.45, 2.75) is 25.4 Å². The van der Waals surface area contributed by atoms with E-state index in [9.17, 15) is 4.79 Å². The number of benzene rings is 1. The fourth-order valence-electron chi connectivity index (χ4n) is 1.82. The van der Waals surface area contributed by atoms with Crippen molar-refractivity contribution < 1.29 is 14.3 Å². The fourth-order valence-corrected chi connectivity index (χ4v) is 1.82. The molecule has 0 aliphatic heterocycles. The molecule has 0 aromatic heterocycles. The Labute approximate surface area is 124 Å². The lowest BCUT2D eigenvalue weighted by molar-refractivity contribution is -0.122. The zero-order valence-corrected chi connectivity index (χ0v) is 12.0. The van der Waals surface area contributed by atoms with Gasteiger partial charge in [-0.25, -0.2) is 0 Å². The predicted molar refractivity (Wildman–Crippen MR) is 77.0 cm³/mol. The molecular formula is C15H19N3O3. The third-order valence-corrected chi connectivity index (χ3v) is 3.16. The SMILES string of the molecule is COc1ccc(CNC2CC2)c(OCC(=O)NCC#N)c1. The average molecular weight is 289 g/mol. The smallest absolute Gasteiger partial charge is 0.258 e. The largest absolute Gasteiger partial charge is 0.497 e. The summed E-state index contributed by atoms with van der Waals surface area (Å²) in [4.78, 5) is 11.5. The molecule has 0 spiro atoms. The molecule has 1 aliphatic rings. The minimum atomic E-state index is -0.319. The van der Waals surface area contributed by atoms with Gasteiger partial charge >= 0.3 is 0 Å². The van der Waals surface area contributed by atoms with E-state index in [4.69, 9.17) is 14.7 Å². The van der Waals surface area contributed by atoms with Gasteiger partial charge in [-0.05, 0) is 18.9 Å². The average Bonchev–Trinajstić information content (AvgIpc) is 3.33. The van der Waals surface area contributed by atoms with Gasteiger partial charge < -0.3 is 20.1 Å². The maximum atomic E-state index is 11.5. The van der Waals surface area contributed by atoms with Crippen molar-refractivity contribution in [3.8, 4) is 17.6 Å². The van der Waals surface area contributed by atoms with Gasteiger partial charge in [0.25, 0.3) is 5.91 Å². The van der Waals surface area contributed by atoms with E-state index >= 15 is 0 Å². The zero-order valence-electron chi connectivity index (χ0n) is 12.0. The van der Waals surface area contributed by atoms with Crippen molar-refractivity contribution in [3.63, 3.8) is 0 Å². The quantitative estimate of drug-likeness (QED) is 0.697. The van der Waals surface area contributed by atoms with Gasteiger partial charge in [-0.3, -0.25) is 4.79 Å². The second kappa shape index (κ2) is 7.50. The summed E-state index contributed by atoms with van der Waals surface area (Å²) in [5.74, 6) is 0.979. The number of nitrogens with one attached hydrogen (secondary N) is 2. The lowest BCUT2D eigenvalue weighted by atomic mass is 10.2. The molecule has 6 heteroatoms. The monoisotopic (exact) mass is 289 g/mol. The van der Waals surface area contributed by atoms with E-state index in [-0.39, 0.29) is 19.1 Å². The highest BCUT2D eigenvalue weighted by atomic mass is 16.5. The molecule has 21 heavy (non-hydrogen) atoms. The van der Waals surface area contributed by atoms with Gasteiger partial charge in [0.15, 0.2) is 6.61 Å². The first-order valence-electron chi connectivity index (χ1n) is 6.89. The molecule has 1 amide bonds. The lowest BCUT2D eigenvalue weighted by Crippen LogP contribution is -2.29. The predicted octanol–water partition coefficient (Wildman–Crippen LogP) is 0.966. The Bertz CT molecular complexity index is 535. The molecule has 2 rings (SSSR count). The van der Waals surface area contributed by atoms with Gasteiger partial charge in [0.1, 0.15) is 18.0 Å². The Balaban J connectivity index is 1.96. The number of hydrogen-bond donors (Lipinski definition) is 2. The lowest BCUT2D eigenvalue weighted by Gasteiger charge is -2.13. The number of rotatable bonds is 8. The summed E-state index contributed by atoms with van der Waals surface area (Å²) in [5, 5.41) is 14.3. The first kappa shape index (κ1) is 15.1. The number of amides is 1. The van der Waals surface area contributed by atoms with Crippen LogP contribution in [0.1, 0.15) is 18.4 Å². The first-order chi connectivity index (χ1) is 10.2.